The zero-order valence-corrected chi connectivity index (χ0v) is 23.2. The Morgan fingerprint density at radius 2 is 1.54 bits per heavy atom. The Hall–Kier alpha value is -1.40. The monoisotopic (exact) mass is 513 g/mol. The van der Waals surface area contributed by atoms with Crippen LogP contribution in [0, 0.1) is 0 Å². The minimum Gasteiger partial charge on any atom is -0.450 e. The minimum absolute atomic E-state index is 0.207. The third kappa shape index (κ3) is 14.1. The van der Waals surface area contributed by atoms with E-state index in [0.29, 0.717) is 13.0 Å². The molecular weight excluding hydrogens is 465 g/mol. The number of hydrogen-bond acceptors (Lipinski definition) is 6. The number of ether oxygens (including phenoxy) is 1. The van der Waals surface area contributed by atoms with Gasteiger partial charge in [-0.2, -0.15) is 0 Å². The van der Waals surface area contributed by atoms with Crippen LogP contribution in [0.4, 0.5) is 4.79 Å². The van der Waals surface area contributed by atoms with Crippen molar-refractivity contribution < 1.29 is 28.3 Å². The number of alkyl carbamates (subject to hydrolysis) is 1. The van der Waals surface area contributed by atoms with Crippen LogP contribution in [-0.2, 0) is 31.2 Å². The summed E-state index contributed by atoms with van der Waals surface area (Å²) in [6.07, 6.45) is 9.33. The molecule has 35 heavy (non-hydrogen) atoms. The maximum Gasteiger partial charge on any atom is 0.407 e. The van der Waals surface area contributed by atoms with Crippen molar-refractivity contribution in [1.29, 1.82) is 0 Å². The van der Waals surface area contributed by atoms with E-state index in [1.54, 1.807) is 13.8 Å². The highest BCUT2D eigenvalue weighted by Gasteiger charge is 2.28. The second-order valence-electron chi connectivity index (χ2n) is 8.99. The number of carbonyl (C=O) groups is 1. The molecule has 1 amide bonds. The van der Waals surface area contributed by atoms with E-state index in [2.05, 4.69) is 24.4 Å². The van der Waals surface area contributed by atoms with Gasteiger partial charge in [-0.1, -0.05) is 83.6 Å². The van der Waals surface area contributed by atoms with Gasteiger partial charge in [0.05, 0.1) is 32.0 Å². The van der Waals surface area contributed by atoms with Gasteiger partial charge in [-0.15, -0.1) is 0 Å². The van der Waals surface area contributed by atoms with Crippen LogP contribution in [0.2, 0.25) is 0 Å². The molecule has 0 spiro atoms. The first-order chi connectivity index (χ1) is 16.9. The maximum absolute atomic E-state index is 12.6. The fraction of sp³-hybridized carbons (Fsp3) is 0.741. The van der Waals surface area contributed by atoms with E-state index in [9.17, 15) is 14.5 Å². The Balaban J connectivity index is 2.72. The number of nitrogens with one attached hydrogen (secondary N) is 1. The van der Waals surface area contributed by atoms with Crippen molar-refractivity contribution in [2.45, 2.75) is 104 Å². The van der Waals surface area contributed by atoms with Crippen LogP contribution in [0.15, 0.2) is 24.3 Å². The van der Waals surface area contributed by atoms with Crippen LogP contribution < -0.4 is 5.32 Å². The lowest BCUT2D eigenvalue weighted by molar-refractivity contribution is 0.0594. The predicted octanol–water partition coefficient (Wildman–Crippen LogP) is 6.65. The van der Waals surface area contributed by atoms with Gasteiger partial charge in [0.2, 0.25) is 0 Å². The van der Waals surface area contributed by atoms with Crippen molar-refractivity contribution >= 4 is 13.7 Å². The zero-order valence-electron chi connectivity index (χ0n) is 22.3. The topological polar surface area (TPSA) is 94.1 Å². The first-order valence-corrected chi connectivity index (χ1v) is 15.2. The summed E-state index contributed by atoms with van der Waals surface area (Å²) in [6, 6.07) is 7.64. The number of aliphatic hydroxyl groups is 1. The van der Waals surface area contributed by atoms with Crippen molar-refractivity contribution in [2.24, 2.45) is 0 Å². The smallest absolute Gasteiger partial charge is 0.407 e. The van der Waals surface area contributed by atoms with Crippen molar-refractivity contribution in [3.63, 3.8) is 0 Å². The van der Waals surface area contributed by atoms with E-state index >= 15 is 0 Å². The summed E-state index contributed by atoms with van der Waals surface area (Å²) in [5, 5.41) is 13.6. The average Bonchev–Trinajstić information content (AvgIpc) is 2.85. The number of rotatable bonds is 20. The Morgan fingerprint density at radius 1 is 0.914 bits per heavy atom. The number of aryl methyl sites for hydroxylation is 1. The van der Waals surface area contributed by atoms with Crippen LogP contribution in [0.25, 0.3) is 0 Å². The van der Waals surface area contributed by atoms with Crippen molar-refractivity contribution in [1.82, 2.24) is 5.32 Å². The van der Waals surface area contributed by atoms with Gasteiger partial charge in [0.1, 0.15) is 0 Å². The molecule has 0 saturated carbocycles. The molecule has 7 nitrogen and oxygen atoms in total. The van der Waals surface area contributed by atoms with Gasteiger partial charge in [0, 0.05) is 6.16 Å². The molecule has 0 aromatic heterocycles. The Labute approximate surface area is 212 Å². The van der Waals surface area contributed by atoms with E-state index in [1.807, 2.05) is 19.1 Å². The molecule has 1 aromatic rings. The fourth-order valence-corrected chi connectivity index (χ4v) is 4.93. The van der Waals surface area contributed by atoms with Gasteiger partial charge >= 0.3 is 13.7 Å². The van der Waals surface area contributed by atoms with Gasteiger partial charge in [0.15, 0.2) is 0 Å². The lowest BCUT2D eigenvalue weighted by atomic mass is 9.99. The summed E-state index contributed by atoms with van der Waals surface area (Å²) in [5.74, 6) is 0. The third-order valence-electron chi connectivity index (χ3n) is 5.95. The molecular formula is C27H48NO6P. The lowest BCUT2D eigenvalue weighted by Gasteiger charge is -2.26. The van der Waals surface area contributed by atoms with E-state index < -0.39 is 25.8 Å². The molecule has 202 valence electrons. The average molecular weight is 514 g/mol. The molecule has 0 fully saturated rings. The molecule has 0 saturated heterocycles. The largest absolute Gasteiger partial charge is 0.450 e. The Morgan fingerprint density at radius 3 is 2.17 bits per heavy atom. The van der Waals surface area contributed by atoms with Gasteiger partial charge in [-0.3, -0.25) is 4.57 Å². The number of hydrogen-bond donors (Lipinski definition) is 2. The first kappa shape index (κ1) is 31.6. The molecule has 0 bridgehead atoms. The van der Waals surface area contributed by atoms with Crippen molar-refractivity contribution in [3.05, 3.63) is 35.4 Å². The van der Waals surface area contributed by atoms with Crippen molar-refractivity contribution in [3.8, 4) is 0 Å². The maximum atomic E-state index is 12.6. The summed E-state index contributed by atoms with van der Waals surface area (Å²) in [6.45, 7) is 8.09. The molecule has 3 unspecified atom stereocenters. The van der Waals surface area contributed by atoms with Crippen molar-refractivity contribution in [2.75, 3.05) is 26.0 Å². The molecule has 0 aliphatic heterocycles. The highest BCUT2D eigenvalue weighted by molar-refractivity contribution is 7.53. The molecule has 8 heteroatoms. The standard InChI is InChI=1S/C27H48NO6P/c1-5-9-11-12-13-14-15-23-16-18-24(19-17-23)21-25(28-27(30)32-20-10-6-2)26(29)22-34-35(31,8-4)33-7-3/h16-19,25-26,29H,5-15,20-22H2,1-4H3,(H,28,30). The molecule has 0 aliphatic rings. The van der Waals surface area contributed by atoms with E-state index in [1.165, 1.54) is 44.1 Å². The van der Waals surface area contributed by atoms with Gasteiger partial charge in [0.25, 0.3) is 0 Å². The summed E-state index contributed by atoms with van der Waals surface area (Å²) in [4.78, 5) is 12.3. The molecule has 2 N–H and O–H groups in total. The summed E-state index contributed by atoms with van der Waals surface area (Å²) < 4.78 is 28.5. The van der Waals surface area contributed by atoms with Crippen LogP contribution in [0.3, 0.4) is 0 Å². The van der Waals surface area contributed by atoms with Crippen LogP contribution >= 0.6 is 7.60 Å². The first-order valence-electron chi connectivity index (χ1n) is 13.4. The second kappa shape index (κ2) is 18.8. The number of amides is 1. The van der Waals surface area contributed by atoms with Crippen LogP contribution in [0.1, 0.15) is 90.2 Å². The highest BCUT2D eigenvalue weighted by atomic mass is 31.2. The van der Waals surface area contributed by atoms with E-state index in [-0.39, 0.29) is 19.4 Å². The Bertz CT molecular complexity index is 727. The molecule has 1 aromatic carbocycles. The predicted molar refractivity (Wildman–Crippen MR) is 142 cm³/mol. The van der Waals surface area contributed by atoms with Gasteiger partial charge < -0.3 is 24.2 Å². The normalized spacial score (nSPS) is 14.8. The molecule has 0 aliphatic carbocycles. The second-order valence-corrected chi connectivity index (χ2v) is 11.4. The molecule has 0 radical (unpaired) electrons. The highest BCUT2D eigenvalue weighted by Crippen LogP contribution is 2.47. The summed E-state index contributed by atoms with van der Waals surface area (Å²) in [7, 11) is -3.26. The molecule has 0 heterocycles. The third-order valence-corrected chi connectivity index (χ3v) is 7.92. The summed E-state index contributed by atoms with van der Waals surface area (Å²) >= 11 is 0. The molecule has 1 rings (SSSR count). The Kier molecular flexibility index (Phi) is 17.0. The zero-order chi connectivity index (χ0) is 25.9. The van der Waals surface area contributed by atoms with E-state index in [0.717, 1.165) is 24.8 Å². The van der Waals surface area contributed by atoms with E-state index in [4.69, 9.17) is 13.8 Å². The minimum atomic E-state index is -3.26. The number of carbonyl (C=O) groups excluding carboxylic acids is 1. The van der Waals surface area contributed by atoms with Crippen LogP contribution in [0.5, 0.6) is 0 Å². The number of aliphatic hydroxyl groups excluding tert-OH is 1. The number of benzene rings is 1. The summed E-state index contributed by atoms with van der Waals surface area (Å²) in [5.41, 5.74) is 2.27. The van der Waals surface area contributed by atoms with Gasteiger partial charge in [-0.05, 0) is 43.7 Å². The lowest BCUT2D eigenvalue weighted by Crippen LogP contribution is -2.47. The van der Waals surface area contributed by atoms with Crippen LogP contribution in [-0.4, -0.2) is 49.3 Å². The molecule has 3 atom stereocenters. The number of unbranched alkanes of at least 4 members (excludes halogenated alkanes) is 6. The SMILES string of the molecule is CCCCCCCCc1ccc(CC(NC(=O)OCCCC)C(O)COP(=O)(CC)OCC)cc1. The fourth-order valence-electron chi connectivity index (χ4n) is 3.71. The van der Waals surface area contributed by atoms with Gasteiger partial charge in [-0.25, -0.2) is 4.79 Å². The quantitative estimate of drug-likeness (QED) is 0.150.